The molecule has 0 saturated heterocycles. The highest BCUT2D eigenvalue weighted by atomic mass is 16.3. The lowest BCUT2D eigenvalue weighted by molar-refractivity contribution is 0.392. The summed E-state index contributed by atoms with van der Waals surface area (Å²) >= 11 is 0. The van der Waals surface area contributed by atoms with Gasteiger partial charge in [0.1, 0.15) is 11.5 Å². The molecule has 0 bridgehead atoms. The molecule has 3 N–H and O–H groups in total. The van der Waals surface area contributed by atoms with E-state index in [1.54, 1.807) is 0 Å². The van der Waals surface area contributed by atoms with Crippen molar-refractivity contribution in [2.45, 2.75) is 32.9 Å². The van der Waals surface area contributed by atoms with Crippen LogP contribution in [0.25, 0.3) is 11.0 Å². The van der Waals surface area contributed by atoms with Crippen LogP contribution < -0.4 is 11.0 Å². The first-order valence-electron chi connectivity index (χ1n) is 7.07. The number of hydrogen-bond acceptors (Lipinski definition) is 3. The Morgan fingerprint density at radius 3 is 2.52 bits per heavy atom. The van der Waals surface area contributed by atoms with Crippen molar-refractivity contribution in [2.24, 2.45) is 0 Å². The molecular weight excluding hydrogens is 266 g/mol. The minimum atomic E-state index is -0.179. The molecule has 110 valence electrons. The second kappa shape index (κ2) is 5.26. The smallest absolute Gasteiger partial charge is 0.323 e. The molecule has 2 unspecified atom stereocenters. The molecular formula is C16H19N3O2. The molecule has 0 radical (unpaired) electrons. The van der Waals surface area contributed by atoms with Gasteiger partial charge in [-0.25, -0.2) is 4.79 Å². The van der Waals surface area contributed by atoms with E-state index in [9.17, 15) is 4.79 Å². The van der Waals surface area contributed by atoms with E-state index in [1.807, 2.05) is 37.3 Å². The van der Waals surface area contributed by atoms with Gasteiger partial charge in [0, 0.05) is 6.04 Å². The first-order chi connectivity index (χ1) is 10.0. The number of nitrogens with one attached hydrogen (secondary N) is 3. The fourth-order valence-corrected chi connectivity index (χ4v) is 2.56. The average molecular weight is 285 g/mol. The third-order valence-electron chi connectivity index (χ3n) is 3.73. The third kappa shape index (κ3) is 2.78. The molecule has 0 fully saturated rings. The molecule has 3 rings (SSSR count). The fraction of sp³-hybridized carbons (Fsp3) is 0.312. The van der Waals surface area contributed by atoms with Crippen molar-refractivity contribution in [3.05, 3.63) is 57.9 Å². The van der Waals surface area contributed by atoms with E-state index in [0.717, 1.165) is 28.1 Å². The number of H-pyrrole nitrogens is 2. The predicted octanol–water partition coefficient (Wildman–Crippen LogP) is 3.17. The topological polar surface area (TPSA) is 73.8 Å². The summed E-state index contributed by atoms with van der Waals surface area (Å²) in [5.74, 6) is 1.84. The number of furan rings is 1. The number of imidazole rings is 1. The van der Waals surface area contributed by atoms with Crippen LogP contribution >= 0.6 is 0 Å². The first-order valence-corrected chi connectivity index (χ1v) is 7.07. The van der Waals surface area contributed by atoms with Crippen LogP contribution in [-0.2, 0) is 0 Å². The van der Waals surface area contributed by atoms with E-state index < -0.39 is 0 Å². The van der Waals surface area contributed by atoms with E-state index in [0.29, 0.717) is 0 Å². The summed E-state index contributed by atoms with van der Waals surface area (Å²) in [6, 6.07) is 10.2. The van der Waals surface area contributed by atoms with Crippen molar-refractivity contribution in [2.75, 3.05) is 0 Å². The second-order valence-corrected chi connectivity index (χ2v) is 5.44. The van der Waals surface area contributed by atoms with Gasteiger partial charge in [-0.2, -0.15) is 0 Å². The van der Waals surface area contributed by atoms with E-state index in [1.165, 1.54) is 0 Å². The maximum absolute atomic E-state index is 11.3. The lowest BCUT2D eigenvalue weighted by Crippen LogP contribution is -2.22. The molecule has 5 heteroatoms. The molecule has 2 aromatic heterocycles. The van der Waals surface area contributed by atoms with Crippen molar-refractivity contribution in [3.63, 3.8) is 0 Å². The van der Waals surface area contributed by atoms with Gasteiger partial charge in [-0.05, 0) is 50.6 Å². The third-order valence-corrected chi connectivity index (χ3v) is 3.73. The molecule has 0 spiro atoms. The Morgan fingerprint density at radius 1 is 1.05 bits per heavy atom. The van der Waals surface area contributed by atoms with Crippen LogP contribution in [0, 0.1) is 6.92 Å². The number of aromatic amines is 2. The molecule has 3 aromatic rings. The van der Waals surface area contributed by atoms with Gasteiger partial charge in [-0.15, -0.1) is 0 Å². The monoisotopic (exact) mass is 285 g/mol. The van der Waals surface area contributed by atoms with Crippen LogP contribution in [-0.4, -0.2) is 9.97 Å². The van der Waals surface area contributed by atoms with Gasteiger partial charge in [-0.1, -0.05) is 6.07 Å². The van der Waals surface area contributed by atoms with Crippen molar-refractivity contribution in [1.82, 2.24) is 15.3 Å². The zero-order valence-electron chi connectivity index (χ0n) is 12.4. The molecule has 0 aliphatic heterocycles. The molecule has 5 nitrogen and oxygen atoms in total. The predicted molar refractivity (Wildman–Crippen MR) is 82.3 cm³/mol. The zero-order valence-corrected chi connectivity index (χ0v) is 12.4. The molecule has 0 amide bonds. The molecule has 2 atom stereocenters. The van der Waals surface area contributed by atoms with Crippen LogP contribution in [0.1, 0.15) is 43.0 Å². The van der Waals surface area contributed by atoms with Gasteiger partial charge < -0.3 is 19.7 Å². The number of fused-ring (bicyclic) bond motifs is 1. The van der Waals surface area contributed by atoms with Gasteiger partial charge in [0.25, 0.3) is 0 Å². The Morgan fingerprint density at radius 2 is 1.81 bits per heavy atom. The van der Waals surface area contributed by atoms with Crippen LogP contribution in [0.4, 0.5) is 0 Å². The van der Waals surface area contributed by atoms with Gasteiger partial charge in [-0.3, -0.25) is 0 Å². The van der Waals surface area contributed by atoms with E-state index in [4.69, 9.17) is 4.42 Å². The number of rotatable bonds is 4. The Hall–Kier alpha value is -2.27. The number of aromatic nitrogens is 2. The normalized spacial score (nSPS) is 14.4. The lowest BCUT2D eigenvalue weighted by atomic mass is 10.1. The minimum Gasteiger partial charge on any atom is -0.465 e. The number of benzene rings is 1. The first kappa shape index (κ1) is 13.7. The summed E-state index contributed by atoms with van der Waals surface area (Å²) in [7, 11) is 0. The molecule has 0 aliphatic carbocycles. The van der Waals surface area contributed by atoms with Crippen LogP contribution in [0.5, 0.6) is 0 Å². The minimum absolute atomic E-state index is 0.120. The van der Waals surface area contributed by atoms with Gasteiger partial charge in [0.05, 0.1) is 17.1 Å². The van der Waals surface area contributed by atoms with E-state index in [-0.39, 0.29) is 17.8 Å². The highest BCUT2D eigenvalue weighted by Crippen LogP contribution is 2.22. The quantitative estimate of drug-likeness (QED) is 0.689. The number of aryl methyl sites for hydroxylation is 1. The Kier molecular flexibility index (Phi) is 3.43. The Balaban J connectivity index is 1.79. The summed E-state index contributed by atoms with van der Waals surface area (Å²) in [5, 5.41) is 3.50. The highest BCUT2D eigenvalue weighted by molar-refractivity contribution is 5.75. The SMILES string of the molecule is Cc1ccc(C(C)NC(C)c2ccc3[nH]c(=O)[nH]c3c2)o1. The largest absolute Gasteiger partial charge is 0.465 e. The zero-order chi connectivity index (χ0) is 15.0. The molecule has 0 saturated carbocycles. The molecule has 1 aromatic carbocycles. The van der Waals surface area contributed by atoms with E-state index >= 15 is 0 Å². The van der Waals surface area contributed by atoms with Crippen LogP contribution in [0.15, 0.2) is 39.5 Å². The second-order valence-electron chi connectivity index (χ2n) is 5.44. The average Bonchev–Trinajstić information content (AvgIpc) is 3.02. The lowest BCUT2D eigenvalue weighted by Gasteiger charge is -2.19. The Bertz CT molecular complexity index is 812. The molecule has 2 heterocycles. The van der Waals surface area contributed by atoms with Crippen LogP contribution in [0.3, 0.4) is 0 Å². The van der Waals surface area contributed by atoms with Crippen molar-refractivity contribution in [1.29, 1.82) is 0 Å². The summed E-state index contributed by atoms with van der Waals surface area (Å²) in [6.07, 6.45) is 0. The van der Waals surface area contributed by atoms with Crippen molar-refractivity contribution < 1.29 is 4.42 Å². The summed E-state index contributed by atoms with van der Waals surface area (Å²) in [6.45, 7) is 6.11. The summed E-state index contributed by atoms with van der Waals surface area (Å²) in [5.41, 5.74) is 2.59. The summed E-state index contributed by atoms with van der Waals surface area (Å²) in [4.78, 5) is 16.8. The standard InChI is InChI=1S/C16H19N3O2/c1-9-4-7-15(21-9)11(3)17-10(2)12-5-6-13-14(8-12)19-16(20)18-13/h4-8,10-11,17H,1-3H3,(H2,18,19,20). The van der Waals surface area contributed by atoms with Gasteiger partial charge in [0.2, 0.25) is 0 Å². The highest BCUT2D eigenvalue weighted by Gasteiger charge is 2.14. The van der Waals surface area contributed by atoms with Gasteiger partial charge >= 0.3 is 5.69 Å². The van der Waals surface area contributed by atoms with Crippen LogP contribution in [0.2, 0.25) is 0 Å². The van der Waals surface area contributed by atoms with Crippen molar-refractivity contribution in [3.8, 4) is 0 Å². The number of hydrogen-bond donors (Lipinski definition) is 3. The maximum atomic E-state index is 11.3. The van der Waals surface area contributed by atoms with Gasteiger partial charge in [0.15, 0.2) is 0 Å². The Labute approximate surface area is 122 Å². The molecule has 0 aliphatic rings. The maximum Gasteiger partial charge on any atom is 0.323 e. The van der Waals surface area contributed by atoms with E-state index in [2.05, 4.69) is 29.1 Å². The molecule has 21 heavy (non-hydrogen) atoms. The fourth-order valence-electron chi connectivity index (χ4n) is 2.56. The summed E-state index contributed by atoms with van der Waals surface area (Å²) < 4.78 is 5.64. The van der Waals surface area contributed by atoms with Crippen molar-refractivity contribution >= 4 is 11.0 Å².